The average molecular weight is 459 g/mol. The summed E-state index contributed by atoms with van der Waals surface area (Å²) in [6.45, 7) is 11.4. The highest BCUT2D eigenvalue weighted by Crippen LogP contribution is 2.32. The molecule has 0 fully saturated rings. The molecule has 0 saturated carbocycles. The van der Waals surface area contributed by atoms with Crippen LogP contribution in [-0.2, 0) is 19.4 Å². The van der Waals surface area contributed by atoms with E-state index in [1.54, 1.807) is 4.90 Å². The van der Waals surface area contributed by atoms with Crippen LogP contribution in [0.1, 0.15) is 78.9 Å². The number of nitrogens with one attached hydrogen (secondary N) is 2. The first-order valence-electron chi connectivity index (χ1n) is 12.1. The standard InChI is InChI=1S/C28H34N4O2/c1-17(2)21-11-8-12-22(18(3)4)26(21)31-28(34)32-14-13-24-23(16-32)27(33)30-25(29-24)15-20-10-7-6-9-19(20)5/h6-12,17-18H,13-16H2,1-5H3,(H,31,34)(H,29,30,33). The van der Waals surface area contributed by atoms with Gasteiger partial charge in [-0.1, -0.05) is 70.2 Å². The summed E-state index contributed by atoms with van der Waals surface area (Å²) in [4.78, 5) is 35.6. The van der Waals surface area contributed by atoms with E-state index in [1.807, 2.05) is 12.1 Å². The molecule has 0 saturated heterocycles. The van der Waals surface area contributed by atoms with Crippen LogP contribution in [0.5, 0.6) is 0 Å². The summed E-state index contributed by atoms with van der Waals surface area (Å²) in [5, 5.41) is 3.17. The van der Waals surface area contributed by atoms with Crippen LogP contribution >= 0.6 is 0 Å². The molecule has 0 spiro atoms. The van der Waals surface area contributed by atoms with E-state index in [0.717, 1.165) is 28.1 Å². The predicted molar refractivity (Wildman–Crippen MR) is 137 cm³/mol. The van der Waals surface area contributed by atoms with Crippen molar-refractivity contribution in [3.63, 3.8) is 0 Å². The van der Waals surface area contributed by atoms with Crippen LogP contribution in [0, 0.1) is 6.92 Å². The van der Waals surface area contributed by atoms with E-state index >= 15 is 0 Å². The van der Waals surface area contributed by atoms with Gasteiger partial charge in [-0.15, -0.1) is 0 Å². The first-order valence-corrected chi connectivity index (χ1v) is 12.1. The van der Waals surface area contributed by atoms with Crippen molar-refractivity contribution in [1.29, 1.82) is 0 Å². The lowest BCUT2D eigenvalue weighted by atomic mass is 9.92. The Hall–Kier alpha value is -3.41. The van der Waals surface area contributed by atoms with Gasteiger partial charge in [-0.05, 0) is 41.0 Å². The van der Waals surface area contributed by atoms with Gasteiger partial charge in [-0.2, -0.15) is 0 Å². The van der Waals surface area contributed by atoms with Gasteiger partial charge in [0.2, 0.25) is 0 Å². The Balaban J connectivity index is 1.55. The van der Waals surface area contributed by atoms with Crippen molar-refractivity contribution in [2.24, 2.45) is 0 Å². The van der Waals surface area contributed by atoms with Gasteiger partial charge in [0, 0.05) is 25.1 Å². The summed E-state index contributed by atoms with van der Waals surface area (Å²) >= 11 is 0. The molecule has 1 aliphatic rings. The number of carbonyl (C=O) groups is 1. The minimum Gasteiger partial charge on any atom is -0.320 e. The third-order valence-electron chi connectivity index (χ3n) is 6.63. The highest BCUT2D eigenvalue weighted by molar-refractivity contribution is 5.91. The van der Waals surface area contributed by atoms with E-state index in [1.165, 1.54) is 5.56 Å². The van der Waals surface area contributed by atoms with Gasteiger partial charge in [0.05, 0.1) is 17.8 Å². The summed E-state index contributed by atoms with van der Waals surface area (Å²) in [5.74, 6) is 1.24. The second kappa shape index (κ2) is 9.84. The minimum absolute atomic E-state index is 0.156. The van der Waals surface area contributed by atoms with Gasteiger partial charge in [-0.3, -0.25) is 4.79 Å². The summed E-state index contributed by atoms with van der Waals surface area (Å²) < 4.78 is 0. The fraction of sp³-hybridized carbons (Fsp3) is 0.393. The van der Waals surface area contributed by atoms with E-state index in [0.29, 0.717) is 30.8 Å². The van der Waals surface area contributed by atoms with E-state index in [-0.39, 0.29) is 30.0 Å². The van der Waals surface area contributed by atoms with Crippen LogP contribution < -0.4 is 10.9 Å². The monoisotopic (exact) mass is 458 g/mol. The molecule has 0 bridgehead atoms. The smallest absolute Gasteiger partial charge is 0.320 e. The molecule has 1 aliphatic heterocycles. The molecule has 2 N–H and O–H groups in total. The van der Waals surface area contributed by atoms with E-state index in [9.17, 15) is 9.59 Å². The quantitative estimate of drug-likeness (QED) is 0.529. The number of para-hydroxylation sites is 1. The van der Waals surface area contributed by atoms with E-state index < -0.39 is 0 Å². The third kappa shape index (κ3) is 4.91. The number of nitrogens with zero attached hydrogens (tertiary/aromatic N) is 2. The SMILES string of the molecule is Cc1ccccc1Cc1nc2c(c(=O)[nH]1)CN(C(=O)Nc1c(C(C)C)cccc1C(C)C)CC2. The zero-order valence-corrected chi connectivity index (χ0v) is 20.7. The number of fused-ring (bicyclic) bond motifs is 1. The van der Waals surface area contributed by atoms with Crippen molar-refractivity contribution in [2.75, 3.05) is 11.9 Å². The lowest BCUT2D eigenvalue weighted by Gasteiger charge is -2.29. The number of amides is 2. The number of anilines is 1. The molecule has 4 rings (SSSR count). The van der Waals surface area contributed by atoms with Crippen molar-refractivity contribution in [3.05, 3.63) is 92.2 Å². The number of aromatic amines is 1. The maximum atomic E-state index is 13.3. The molecule has 6 heteroatoms. The van der Waals surface area contributed by atoms with Gasteiger partial charge in [0.15, 0.2) is 0 Å². The van der Waals surface area contributed by atoms with Crippen LogP contribution in [0.2, 0.25) is 0 Å². The number of aryl methyl sites for hydroxylation is 1. The van der Waals surface area contributed by atoms with Crippen molar-refractivity contribution in [1.82, 2.24) is 14.9 Å². The molecular weight excluding hydrogens is 424 g/mol. The van der Waals surface area contributed by atoms with Crippen LogP contribution in [-0.4, -0.2) is 27.4 Å². The van der Waals surface area contributed by atoms with Crippen molar-refractivity contribution < 1.29 is 4.79 Å². The van der Waals surface area contributed by atoms with Crippen LogP contribution in [0.15, 0.2) is 47.3 Å². The number of H-pyrrole nitrogens is 1. The predicted octanol–water partition coefficient (Wildman–Crippen LogP) is 5.51. The molecular formula is C28H34N4O2. The molecule has 2 amide bonds. The van der Waals surface area contributed by atoms with Gasteiger partial charge in [0.1, 0.15) is 5.82 Å². The molecule has 2 aromatic carbocycles. The maximum absolute atomic E-state index is 13.3. The normalized spacial score (nSPS) is 13.3. The Morgan fingerprint density at radius 1 is 1.06 bits per heavy atom. The third-order valence-corrected chi connectivity index (χ3v) is 6.63. The molecule has 178 valence electrons. The van der Waals surface area contributed by atoms with E-state index in [4.69, 9.17) is 4.98 Å². The summed E-state index contributed by atoms with van der Waals surface area (Å²) in [5.41, 5.74) is 6.67. The molecule has 0 aliphatic carbocycles. The second-order valence-electron chi connectivity index (χ2n) is 9.76. The summed E-state index contributed by atoms with van der Waals surface area (Å²) in [6.07, 6.45) is 1.15. The van der Waals surface area contributed by atoms with Crippen molar-refractivity contribution in [3.8, 4) is 0 Å². The van der Waals surface area contributed by atoms with Gasteiger partial charge < -0.3 is 15.2 Å². The van der Waals surface area contributed by atoms with Crippen molar-refractivity contribution >= 4 is 11.7 Å². The van der Waals surface area contributed by atoms with E-state index in [2.05, 4.69) is 75.3 Å². The average Bonchev–Trinajstić information content (AvgIpc) is 2.80. The zero-order chi connectivity index (χ0) is 24.4. The summed E-state index contributed by atoms with van der Waals surface area (Å²) in [7, 11) is 0. The Kier molecular flexibility index (Phi) is 6.87. The number of aromatic nitrogens is 2. The zero-order valence-electron chi connectivity index (χ0n) is 20.7. The number of urea groups is 1. The molecule has 0 radical (unpaired) electrons. The molecule has 0 atom stereocenters. The molecule has 1 aromatic heterocycles. The summed E-state index contributed by atoms with van der Waals surface area (Å²) in [6, 6.07) is 14.1. The fourth-order valence-electron chi connectivity index (χ4n) is 4.60. The Morgan fingerprint density at radius 3 is 2.38 bits per heavy atom. The minimum atomic E-state index is -0.177. The van der Waals surface area contributed by atoms with Crippen LogP contribution in [0.3, 0.4) is 0 Å². The number of rotatable bonds is 5. The molecule has 3 aromatic rings. The maximum Gasteiger partial charge on any atom is 0.322 e. The first-order chi connectivity index (χ1) is 16.2. The lowest BCUT2D eigenvalue weighted by molar-refractivity contribution is 0.205. The highest BCUT2D eigenvalue weighted by Gasteiger charge is 2.26. The topological polar surface area (TPSA) is 78.1 Å². The second-order valence-corrected chi connectivity index (χ2v) is 9.76. The lowest BCUT2D eigenvalue weighted by Crippen LogP contribution is -2.42. The molecule has 34 heavy (non-hydrogen) atoms. The van der Waals surface area contributed by atoms with Gasteiger partial charge in [0.25, 0.3) is 5.56 Å². The van der Waals surface area contributed by atoms with Crippen molar-refractivity contribution in [2.45, 2.75) is 65.8 Å². The Labute approximate surface area is 201 Å². The van der Waals surface area contributed by atoms with Gasteiger partial charge >= 0.3 is 6.03 Å². The molecule has 2 heterocycles. The first kappa shape index (κ1) is 23.7. The van der Waals surface area contributed by atoms with Crippen LogP contribution in [0.25, 0.3) is 0 Å². The number of hydrogen-bond acceptors (Lipinski definition) is 3. The number of hydrogen-bond donors (Lipinski definition) is 2. The van der Waals surface area contributed by atoms with Gasteiger partial charge in [-0.25, -0.2) is 9.78 Å². The molecule has 0 unspecified atom stereocenters. The highest BCUT2D eigenvalue weighted by atomic mass is 16.2. The fourth-order valence-corrected chi connectivity index (χ4v) is 4.60. The number of carbonyl (C=O) groups excluding carboxylic acids is 1. The molecule has 6 nitrogen and oxygen atoms in total. The largest absolute Gasteiger partial charge is 0.322 e. The Morgan fingerprint density at radius 2 is 1.74 bits per heavy atom. The Bertz CT molecular complexity index is 1230. The van der Waals surface area contributed by atoms with Crippen LogP contribution in [0.4, 0.5) is 10.5 Å². The number of benzene rings is 2.